The van der Waals surface area contributed by atoms with Crippen molar-refractivity contribution < 1.29 is 9.47 Å². The van der Waals surface area contributed by atoms with E-state index < -0.39 is 0 Å². The average Bonchev–Trinajstić information content (AvgIpc) is 3.30. The van der Waals surface area contributed by atoms with Gasteiger partial charge < -0.3 is 18.6 Å². The molecule has 0 radical (unpaired) electrons. The van der Waals surface area contributed by atoms with Crippen molar-refractivity contribution in [2.75, 3.05) is 52.6 Å². The van der Waals surface area contributed by atoms with Crippen molar-refractivity contribution in [1.82, 2.24) is 18.9 Å². The van der Waals surface area contributed by atoms with E-state index in [0.717, 1.165) is 52.6 Å². The van der Waals surface area contributed by atoms with Gasteiger partial charge in [0.1, 0.15) is 12.3 Å². The van der Waals surface area contributed by atoms with E-state index in [1.54, 1.807) is 0 Å². The molecule has 2 aromatic heterocycles. The Bertz CT molecular complexity index is 600. The van der Waals surface area contributed by atoms with E-state index in [1.807, 2.05) is 0 Å². The maximum atomic E-state index is 5.57. The molecule has 24 heavy (non-hydrogen) atoms. The largest absolute Gasteiger partial charge is 0.379 e. The van der Waals surface area contributed by atoms with Gasteiger partial charge in [-0.2, -0.15) is 0 Å². The zero-order chi connectivity index (χ0) is 15.9. The summed E-state index contributed by atoms with van der Waals surface area (Å²) in [7, 11) is 0. The molecule has 0 aliphatic carbocycles. The van der Waals surface area contributed by atoms with Crippen molar-refractivity contribution in [1.29, 1.82) is 0 Å². The smallest absolute Gasteiger partial charge is 0.128 e. The molecule has 2 aromatic rings. The summed E-state index contributed by atoms with van der Waals surface area (Å²) >= 11 is 0. The first kappa shape index (κ1) is 14.7. The van der Waals surface area contributed by atoms with Gasteiger partial charge in [0.25, 0.3) is 0 Å². The van der Waals surface area contributed by atoms with Crippen molar-refractivity contribution in [3.63, 3.8) is 0 Å². The standard InChI is InChI=1S/C18H24N4O2/c1-3-15-17(19-7-11-23-12-8-19)22-6-2-4-16(22)18(21(15)5-1)20-9-13-24-14-10-20/h1-6,17-18H,7-14H2/t17-,18+. The van der Waals surface area contributed by atoms with Gasteiger partial charge in [-0.1, -0.05) is 0 Å². The Balaban J connectivity index is 1.57. The Morgan fingerprint density at radius 2 is 1.08 bits per heavy atom. The van der Waals surface area contributed by atoms with E-state index in [-0.39, 0.29) is 12.3 Å². The van der Waals surface area contributed by atoms with Crippen LogP contribution in [0, 0.1) is 0 Å². The van der Waals surface area contributed by atoms with Gasteiger partial charge in [0.15, 0.2) is 0 Å². The lowest BCUT2D eigenvalue weighted by molar-refractivity contribution is -0.0151. The number of rotatable bonds is 2. The molecule has 3 aliphatic rings. The summed E-state index contributed by atoms with van der Waals surface area (Å²) in [4.78, 5) is 5.07. The van der Waals surface area contributed by atoms with Gasteiger partial charge in [-0.3, -0.25) is 9.80 Å². The molecule has 3 aliphatic heterocycles. The maximum Gasteiger partial charge on any atom is 0.128 e. The Labute approximate surface area is 142 Å². The fraction of sp³-hybridized carbons (Fsp3) is 0.556. The lowest BCUT2D eigenvalue weighted by atomic mass is 10.1. The molecular weight excluding hydrogens is 304 g/mol. The van der Waals surface area contributed by atoms with Crippen LogP contribution in [-0.2, 0) is 9.47 Å². The molecule has 6 nitrogen and oxygen atoms in total. The first-order valence-electron chi connectivity index (χ1n) is 8.90. The Morgan fingerprint density at radius 3 is 1.50 bits per heavy atom. The van der Waals surface area contributed by atoms with Crippen LogP contribution in [0.4, 0.5) is 0 Å². The lowest BCUT2D eigenvalue weighted by Gasteiger charge is -2.45. The third kappa shape index (κ3) is 2.25. The van der Waals surface area contributed by atoms with Gasteiger partial charge in [-0.15, -0.1) is 0 Å². The highest BCUT2D eigenvalue weighted by Crippen LogP contribution is 2.38. The van der Waals surface area contributed by atoms with Crippen molar-refractivity contribution in [2.24, 2.45) is 0 Å². The average molecular weight is 328 g/mol. The van der Waals surface area contributed by atoms with Crippen LogP contribution in [-0.4, -0.2) is 71.5 Å². The second kappa shape index (κ2) is 6.04. The van der Waals surface area contributed by atoms with E-state index in [4.69, 9.17) is 9.47 Å². The molecule has 0 aromatic carbocycles. The first-order chi connectivity index (χ1) is 11.9. The molecule has 2 saturated heterocycles. The van der Waals surface area contributed by atoms with Crippen molar-refractivity contribution >= 4 is 0 Å². The van der Waals surface area contributed by atoms with E-state index in [9.17, 15) is 0 Å². The molecule has 5 rings (SSSR count). The normalized spacial score (nSPS) is 28.5. The Kier molecular flexibility index (Phi) is 3.70. The predicted molar refractivity (Wildman–Crippen MR) is 89.9 cm³/mol. The van der Waals surface area contributed by atoms with Crippen LogP contribution in [0.25, 0.3) is 0 Å². The topological polar surface area (TPSA) is 34.8 Å². The van der Waals surface area contributed by atoms with Gasteiger partial charge in [-0.25, -0.2) is 0 Å². The van der Waals surface area contributed by atoms with E-state index in [0.29, 0.717) is 0 Å². The van der Waals surface area contributed by atoms with Gasteiger partial charge in [-0.05, 0) is 24.3 Å². The fourth-order valence-corrected chi connectivity index (χ4v) is 4.35. The third-order valence-electron chi connectivity index (χ3n) is 5.46. The summed E-state index contributed by atoms with van der Waals surface area (Å²) in [6.45, 7) is 7.21. The highest BCUT2D eigenvalue weighted by Gasteiger charge is 2.37. The molecule has 2 fully saturated rings. The molecule has 0 spiro atoms. The molecule has 0 unspecified atom stereocenters. The van der Waals surface area contributed by atoms with Crippen LogP contribution in [0.3, 0.4) is 0 Å². The number of ether oxygens (including phenoxy) is 2. The van der Waals surface area contributed by atoms with Gasteiger partial charge in [0.05, 0.1) is 37.8 Å². The van der Waals surface area contributed by atoms with Crippen LogP contribution in [0.5, 0.6) is 0 Å². The van der Waals surface area contributed by atoms with Gasteiger partial charge in [0.2, 0.25) is 0 Å². The summed E-state index contributed by atoms with van der Waals surface area (Å²) in [6, 6.07) is 8.92. The summed E-state index contributed by atoms with van der Waals surface area (Å²) < 4.78 is 16.0. The monoisotopic (exact) mass is 328 g/mol. The molecule has 6 heteroatoms. The molecule has 2 atom stereocenters. The van der Waals surface area contributed by atoms with E-state index in [2.05, 4.69) is 55.6 Å². The van der Waals surface area contributed by atoms with Gasteiger partial charge >= 0.3 is 0 Å². The summed E-state index contributed by atoms with van der Waals surface area (Å²) in [6.07, 6.45) is 5.01. The highest BCUT2D eigenvalue weighted by atomic mass is 16.5. The molecule has 0 amide bonds. The second-order valence-corrected chi connectivity index (χ2v) is 6.72. The minimum atomic E-state index is 0.270. The SMILES string of the molecule is c1cc2n(c1)[C@@H](N1CCOCC1)c1cccn1[C@@H]2N1CCOCC1. The Hall–Kier alpha value is -1.60. The molecule has 0 N–H and O–H groups in total. The lowest BCUT2D eigenvalue weighted by Crippen LogP contribution is -2.49. The van der Waals surface area contributed by atoms with Crippen LogP contribution >= 0.6 is 0 Å². The number of morpholine rings is 2. The first-order valence-corrected chi connectivity index (χ1v) is 8.90. The zero-order valence-corrected chi connectivity index (χ0v) is 13.9. The van der Waals surface area contributed by atoms with Gasteiger partial charge in [0, 0.05) is 38.6 Å². The number of fused-ring (bicyclic) bond motifs is 2. The zero-order valence-electron chi connectivity index (χ0n) is 13.9. The molecule has 0 bridgehead atoms. The number of aromatic nitrogens is 2. The van der Waals surface area contributed by atoms with Crippen molar-refractivity contribution in [2.45, 2.75) is 12.3 Å². The second-order valence-electron chi connectivity index (χ2n) is 6.72. The van der Waals surface area contributed by atoms with Crippen LogP contribution in [0.15, 0.2) is 36.7 Å². The van der Waals surface area contributed by atoms with Crippen LogP contribution in [0.1, 0.15) is 23.7 Å². The summed E-state index contributed by atoms with van der Waals surface area (Å²) in [5.74, 6) is 0. The molecular formula is C18H24N4O2. The minimum Gasteiger partial charge on any atom is -0.379 e. The van der Waals surface area contributed by atoms with Crippen LogP contribution < -0.4 is 0 Å². The quantitative estimate of drug-likeness (QED) is 0.834. The predicted octanol–water partition coefficient (Wildman–Crippen LogP) is 1.36. The maximum absolute atomic E-state index is 5.57. The van der Waals surface area contributed by atoms with Crippen molar-refractivity contribution in [3.8, 4) is 0 Å². The summed E-state index contributed by atoms with van der Waals surface area (Å²) in [5, 5.41) is 0. The van der Waals surface area contributed by atoms with E-state index >= 15 is 0 Å². The third-order valence-corrected chi connectivity index (χ3v) is 5.46. The molecule has 0 saturated carbocycles. The molecule has 5 heterocycles. The minimum absolute atomic E-state index is 0.270. The number of hydrogen-bond acceptors (Lipinski definition) is 4. The van der Waals surface area contributed by atoms with Crippen molar-refractivity contribution in [3.05, 3.63) is 48.0 Å². The number of hydrogen-bond donors (Lipinski definition) is 0. The Morgan fingerprint density at radius 1 is 0.667 bits per heavy atom. The fourth-order valence-electron chi connectivity index (χ4n) is 4.35. The highest BCUT2D eigenvalue weighted by molar-refractivity contribution is 5.27. The number of nitrogens with zero attached hydrogens (tertiary/aromatic N) is 4. The van der Waals surface area contributed by atoms with E-state index in [1.165, 1.54) is 11.4 Å². The summed E-state index contributed by atoms with van der Waals surface area (Å²) in [5.41, 5.74) is 2.74. The molecule has 128 valence electrons. The van der Waals surface area contributed by atoms with Crippen LogP contribution in [0.2, 0.25) is 0 Å².